The Balaban J connectivity index is 2.04. The van der Waals surface area contributed by atoms with Gasteiger partial charge in [-0.3, -0.25) is 9.59 Å². The zero-order chi connectivity index (χ0) is 23.9. The molecule has 3 N–H and O–H groups in total. The number of likely N-dealkylation sites (tertiary alicyclic amines) is 1. The molecule has 0 aromatic heterocycles. The van der Waals surface area contributed by atoms with Gasteiger partial charge in [-0.15, -0.1) is 0 Å². The van der Waals surface area contributed by atoms with Crippen molar-refractivity contribution in [3.63, 3.8) is 0 Å². The maximum Gasteiger partial charge on any atom is 0.407 e. The predicted octanol–water partition coefficient (Wildman–Crippen LogP) is 1.85. The molecule has 10 nitrogen and oxygen atoms in total. The lowest BCUT2D eigenvalue weighted by molar-refractivity contribution is -0.159. The number of hydrogen-bond acceptors (Lipinski definition) is 7. The van der Waals surface area contributed by atoms with E-state index in [1.165, 1.54) is 24.0 Å². The van der Waals surface area contributed by atoms with Crippen LogP contribution in [0.5, 0.6) is 5.75 Å². The molecule has 1 fully saturated rings. The monoisotopic (exact) mass is 450 g/mol. The fraction of sp³-hybridized carbons (Fsp3) is 0.545. The molecule has 2 rings (SSSR count). The smallest absolute Gasteiger partial charge is 0.407 e. The van der Waals surface area contributed by atoms with Gasteiger partial charge in [-0.2, -0.15) is 0 Å². The van der Waals surface area contributed by atoms with Crippen molar-refractivity contribution >= 4 is 23.8 Å². The second kappa shape index (κ2) is 10.9. The number of rotatable bonds is 10. The van der Waals surface area contributed by atoms with Crippen LogP contribution in [-0.2, 0) is 19.1 Å². The molecule has 0 aliphatic carbocycles. The Morgan fingerprint density at radius 1 is 1.19 bits per heavy atom. The molecule has 2 atom stereocenters. The number of carbonyl (C=O) groups is 4. The van der Waals surface area contributed by atoms with E-state index in [0.717, 1.165) is 0 Å². The van der Waals surface area contributed by atoms with Gasteiger partial charge in [0.15, 0.2) is 18.0 Å². The molecule has 1 saturated heterocycles. The van der Waals surface area contributed by atoms with Crippen LogP contribution < -0.4 is 10.5 Å². The fourth-order valence-electron chi connectivity index (χ4n) is 3.45. The van der Waals surface area contributed by atoms with Gasteiger partial charge in [-0.25, -0.2) is 9.59 Å². The Kier molecular flexibility index (Phi) is 8.59. The maximum atomic E-state index is 13.1. The van der Waals surface area contributed by atoms with Crippen LogP contribution >= 0.6 is 0 Å². The first-order valence-electron chi connectivity index (χ1n) is 10.5. The van der Waals surface area contributed by atoms with E-state index in [2.05, 4.69) is 0 Å². The number of ketones is 1. The van der Waals surface area contributed by atoms with Gasteiger partial charge < -0.3 is 30.0 Å². The van der Waals surface area contributed by atoms with Crippen molar-refractivity contribution in [2.75, 3.05) is 26.3 Å². The van der Waals surface area contributed by atoms with Crippen molar-refractivity contribution in [1.29, 1.82) is 0 Å². The van der Waals surface area contributed by atoms with Gasteiger partial charge in [-0.05, 0) is 51.0 Å². The third kappa shape index (κ3) is 6.19. The molecule has 1 aliphatic heterocycles. The molecule has 0 bridgehead atoms. The number of hydrogen-bond donors (Lipinski definition) is 2. The highest BCUT2D eigenvalue weighted by atomic mass is 16.6. The summed E-state index contributed by atoms with van der Waals surface area (Å²) in [4.78, 5) is 49.1. The van der Waals surface area contributed by atoms with Crippen molar-refractivity contribution in [2.24, 2.45) is 11.7 Å². The topological polar surface area (TPSA) is 145 Å². The highest BCUT2D eigenvalue weighted by molar-refractivity contribution is 6.02. The molecular weight excluding hydrogens is 420 g/mol. The quantitative estimate of drug-likeness (QED) is 0.406. The number of primary amides is 1. The van der Waals surface area contributed by atoms with Gasteiger partial charge in [0, 0.05) is 18.7 Å². The van der Waals surface area contributed by atoms with Gasteiger partial charge in [-0.1, -0.05) is 6.92 Å². The predicted molar refractivity (Wildman–Crippen MR) is 113 cm³/mol. The minimum atomic E-state index is -1.56. The van der Waals surface area contributed by atoms with E-state index >= 15 is 0 Å². The van der Waals surface area contributed by atoms with Crippen LogP contribution in [0.25, 0.3) is 0 Å². The van der Waals surface area contributed by atoms with Crippen LogP contribution in [0.2, 0.25) is 0 Å². The van der Waals surface area contributed by atoms with Gasteiger partial charge >= 0.3 is 12.1 Å². The van der Waals surface area contributed by atoms with E-state index in [1.54, 1.807) is 26.0 Å². The number of nitrogens with zero attached hydrogens (tertiary/aromatic N) is 1. The number of nitrogens with two attached hydrogens (primary N) is 1. The SMILES string of the molecule is CCOC(=O)COc1ccc(C(=O)C(C)[C@](C)(OC2CCN(C(=O)O)CC2)C(N)=O)cc1. The Hall–Kier alpha value is -3.14. The van der Waals surface area contributed by atoms with Crippen LogP contribution in [-0.4, -0.2) is 71.8 Å². The van der Waals surface area contributed by atoms with Crippen molar-refractivity contribution in [1.82, 2.24) is 4.90 Å². The number of ether oxygens (including phenoxy) is 3. The second-order valence-electron chi connectivity index (χ2n) is 7.76. The zero-order valence-electron chi connectivity index (χ0n) is 18.5. The Labute approximate surface area is 186 Å². The van der Waals surface area contributed by atoms with Crippen molar-refractivity contribution in [3.8, 4) is 5.75 Å². The van der Waals surface area contributed by atoms with E-state index in [-0.39, 0.29) is 32.1 Å². The summed E-state index contributed by atoms with van der Waals surface area (Å²) >= 11 is 0. The number of amides is 2. The molecule has 0 spiro atoms. The fourth-order valence-corrected chi connectivity index (χ4v) is 3.45. The number of carboxylic acid groups (broad SMARTS) is 1. The number of piperidine rings is 1. The molecule has 32 heavy (non-hydrogen) atoms. The third-order valence-corrected chi connectivity index (χ3v) is 5.63. The molecule has 10 heteroatoms. The molecule has 1 aromatic carbocycles. The van der Waals surface area contributed by atoms with Gasteiger partial charge in [0.05, 0.1) is 18.6 Å². The molecule has 0 saturated carbocycles. The standard InChI is InChI=1S/C22H30N2O8/c1-4-30-18(25)13-31-16-7-5-15(6-8-16)19(26)14(2)22(3,20(23)27)32-17-9-11-24(12-10-17)21(28)29/h5-8,14,17H,4,9-13H2,1-3H3,(H2,23,27)(H,28,29)/t14?,22-/m0/s1. The average Bonchev–Trinajstić information content (AvgIpc) is 2.77. The van der Waals surface area contributed by atoms with Crippen LogP contribution in [0, 0.1) is 5.92 Å². The maximum absolute atomic E-state index is 13.1. The number of benzene rings is 1. The van der Waals surface area contributed by atoms with Crippen LogP contribution in [0.4, 0.5) is 4.79 Å². The summed E-state index contributed by atoms with van der Waals surface area (Å²) in [7, 11) is 0. The van der Waals surface area contributed by atoms with Gasteiger partial charge in [0.25, 0.3) is 0 Å². The average molecular weight is 450 g/mol. The molecule has 176 valence electrons. The van der Waals surface area contributed by atoms with E-state index < -0.39 is 35.6 Å². The van der Waals surface area contributed by atoms with Crippen molar-refractivity contribution < 1.29 is 38.5 Å². The first kappa shape index (κ1) is 25.1. The lowest BCUT2D eigenvalue weighted by atomic mass is 9.83. The molecule has 1 heterocycles. The third-order valence-electron chi connectivity index (χ3n) is 5.63. The molecule has 2 amide bonds. The Bertz CT molecular complexity index is 833. The Morgan fingerprint density at radius 2 is 1.78 bits per heavy atom. The molecule has 1 aliphatic rings. The summed E-state index contributed by atoms with van der Waals surface area (Å²) in [5.74, 6) is -2.10. The van der Waals surface area contributed by atoms with E-state index in [1.807, 2.05) is 0 Å². The second-order valence-corrected chi connectivity index (χ2v) is 7.76. The zero-order valence-corrected chi connectivity index (χ0v) is 18.5. The number of carbonyl (C=O) groups excluding carboxylic acids is 3. The van der Waals surface area contributed by atoms with Crippen molar-refractivity contribution in [3.05, 3.63) is 29.8 Å². The lowest BCUT2D eigenvalue weighted by Crippen LogP contribution is -2.54. The van der Waals surface area contributed by atoms with E-state index in [0.29, 0.717) is 24.2 Å². The first-order chi connectivity index (χ1) is 15.1. The highest BCUT2D eigenvalue weighted by Crippen LogP contribution is 2.30. The normalized spacial score (nSPS) is 17.2. The molecule has 1 unspecified atom stereocenters. The summed E-state index contributed by atoms with van der Waals surface area (Å²) in [6.07, 6.45) is -0.582. The number of Topliss-reactive ketones (excluding diaryl/α,β-unsaturated/α-hetero) is 1. The largest absolute Gasteiger partial charge is 0.482 e. The Morgan fingerprint density at radius 3 is 2.28 bits per heavy atom. The van der Waals surface area contributed by atoms with Gasteiger partial charge in [0.2, 0.25) is 5.91 Å². The minimum Gasteiger partial charge on any atom is -0.482 e. The first-order valence-corrected chi connectivity index (χ1v) is 10.5. The van der Waals surface area contributed by atoms with Crippen LogP contribution in [0.1, 0.15) is 44.0 Å². The van der Waals surface area contributed by atoms with E-state index in [4.69, 9.17) is 25.1 Å². The highest BCUT2D eigenvalue weighted by Gasteiger charge is 2.44. The number of esters is 1. The lowest BCUT2D eigenvalue weighted by Gasteiger charge is -2.38. The molecule has 1 aromatic rings. The van der Waals surface area contributed by atoms with Gasteiger partial charge in [0.1, 0.15) is 5.75 Å². The summed E-state index contributed by atoms with van der Waals surface area (Å²) in [6, 6.07) is 6.16. The molecular formula is C22H30N2O8. The van der Waals surface area contributed by atoms with Crippen LogP contribution in [0.15, 0.2) is 24.3 Å². The summed E-state index contributed by atoms with van der Waals surface area (Å²) in [5.41, 5.74) is 4.38. The minimum absolute atomic E-state index is 0.244. The van der Waals surface area contributed by atoms with E-state index in [9.17, 15) is 19.2 Å². The van der Waals surface area contributed by atoms with Crippen molar-refractivity contribution in [2.45, 2.75) is 45.3 Å². The summed E-state index contributed by atoms with van der Waals surface area (Å²) < 4.78 is 16.1. The summed E-state index contributed by atoms with van der Waals surface area (Å²) in [6.45, 7) is 5.33. The van der Waals surface area contributed by atoms with Crippen LogP contribution in [0.3, 0.4) is 0 Å². The summed E-state index contributed by atoms with van der Waals surface area (Å²) in [5, 5.41) is 9.07. The molecule has 0 radical (unpaired) electrons.